The summed E-state index contributed by atoms with van der Waals surface area (Å²) in [6, 6.07) is 17.0. The van der Waals surface area contributed by atoms with Crippen LogP contribution in [0, 0.1) is 6.92 Å². The Balaban J connectivity index is 1.49. The standard InChI is InChI=1S/C21H25N3O3S/c1-18-7-9-20(10-8-18)22-21(25)17-23-12-14-24(15-13-23)28(26,27)16-11-19-5-3-2-4-6-19/h2-11,16H,12-15,17H2,1H3,(H,22,25)/b16-11-. The van der Waals surface area contributed by atoms with Crippen molar-refractivity contribution in [3.8, 4) is 0 Å². The molecule has 7 heteroatoms. The summed E-state index contributed by atoms with van der Waals surface area (Å²) in [4.78, 5) is 14.2. The zero-order chi connectivity index (χ0) is 20.0. The van der Waals surface area contributed by atoms with Gasteiger partial charge in [0.15, 0.2) is 0 Å². The molecule has 0 unspecified atom stereocenters. The SMILES string of the molecule is Cc1ccc(NC(=O)CN2CCN(S(=O)(=O)/C=C\c3ccccc3)CC2)cc1. The molecule has 148 valence electrons. The van der Waals surface area contributed by atoms with E-state index in [1.807, 2.05) is 66.4 Å². The van der Waals surface area contributed by atoms with E-state index in [-0.39, 0.29) is 12.5 Å². The summed E-state index contributed by atoms with van der Waals surface area (Å²) >= 11 is 0. The van der Waals surface area contributed by atoms with E-state index in [1.54, 1.807) is 6.08 Å². The van der Waals surface area contributed by atoms with Crippen molar-refractivity contribution in [2.75, 3.05) is 38.0 Å². The van der Waals surface area contributed by atoms with Gasteiger partial charge in [-0.15, -0.1) is 0 Å². The van der Waals surface area contributed by atoms with Crippen LogP contribution in [0.25, 0.3) is 6.08 Å². The van der Waals surface area contributed by atoms with Crippen LogP contribution in [0.5, 0.6) is 0 Å². The molecule has 1 aliphatic rings. The van der Waals surface area contributed by atoms with Crippen molar-refractivity contribution in [3.05, 3.63) is 71.1 Å². The normalized spacial score (nSPS) is 16.3. The van der Waals surface area contributed by atoms with E-state index in [4.69, 9.17) is 0 Å². The average Bonchev–Trinajstić information content (AvgIpc) is 2.69. The first-order valence-electron chi connectivity index (χ1n) is 9.24. The minimum atomic E-state index is -3.46. The van der Waals surface area contributed by atoms with Gasteiger partial charge in [-0.3, -0.25) is 9.69 Å². The molecule has 28 heavy (non-hydrogen) atoms. The van der Waals surface area contributed by atoms with Crippen molar-refractivity contribution in [1.82, 2.24) is 9.21 Å². The smallest absolute Gasteiger partial charge is 0.238 e. The number of nitrogens with one attached hydrogen (secondary N) is 1. The number of piperazine rings is 1. The molecular formula is C21H25N3O3S. The second kappa shape index (κ2) is 9.14. The molecule has 0 spiro atoms. The van der Waals surface area contributed by atoms with Crippen LogP contribution in [0.2, 0.25) is 0 Å². The number of carbonyl (C=O) groups excluding carboxylic acids is 1. The fourth-order valence-corrected chi connectivity index (χ4v) is 4.17. The monoisotopic (exact) mass is 399 g/mol. The first kappa shape index (κ1) is 20.3. The maximum Gasteiger partial charge on any atom is 0.238 e. The highest BCUT2D eigenvalue weighted by molar-refractivity contribution is 7.92. The first-order chi connectivity index (χ1) is 13.4. The number of benzene rings is 2. The molecule has 2 aromatic rings. The maximum absolute atomic E-state index is 12.5. The lowest BCUT2D eigenvalue weighted by molar-refractivity contribution is -0.117. The molecule has 1 aliphatic heterocycles. The average molecular weight is 400 g/mol. The van der Waals surface area contributed by atoms with E-state index in [2.05, 4.69) is 5.32 Å². The predicted octanol–water partition coefficient (Wildman–Crippen LogP) is 2.55. The Labute approximate surface area is 166 Å². The van der Waals surface area contributed by atoms with Crippen LogP contribution in [-0.2, 0) is 14.8 Å². The molecule has 0 saturated carbocycles. The molecular weight excluding hydrogens is 374 g/mol. The van der Waals surface area contributed by atoms with Crippen molar-refractivity contribution in [2.45, 2.75) is 6.92 Å². The zero-order valence-electron chi connectivity index (χ0n) is 15.9. The van der Waals surface area contributed by atoms with Gasteiger partial charge in [-0.1, -0.05) is 48.0 Å². The molecule has 1 fully saturated rings. The molecule has 0 radical (unpaired) electrons. The zero-order valence-corrected chi connectivity index (χ0v) is 16.7. The Kier molecular flexibility index (Phi) is 6.61. The molecule has 3 rings (SSSR count). The van der Waals surface area contributed by atoms with E-state index in [1.165, 1.54) is 9.71 Å². The van der Waals surface area contributed by atoms with Crippen LogP contribution < -0.4 is 5.32 Å². The van der Waals surface area contributed by atoms with Gasteiger partial charge in [0, 0.05) is 37.3 Å². The summed E-state index contributed by atoms with van der Waals surface area (Å²) in [6.45, 7) is 4.05. The lowest BCUT2D eigenvalue weighted by Gasteiger charge is -2.32. The Morgan fingerprint density at radius 3 is 2.29 bits per heavy atom. The maximum atomic E-state index is 12.5. The topological polar surface area (TPSA) is 69.7 Å². The lowest BCUT2D eigenvalue weighted by Crippen LogP contribution is -2.49. The van der Waals surface area contributed by atoms with Crippen LogP contribution in [0.3, 0.4) is 0 Å². The predicted molar refractivity (Wildman–Crippen MR) is 112 cm³/mol. The van der Waals surface area contributed by atoms with Crippen LogP contribution in [0.4, 0.5) is 5.69 Å². The molecule has 0 bridgehead atoms. The number of hydrogen-bond acceptors (Lipinski definition) is 4. The number of amides is 1. The summed E-state index contributed by atoms with van der Waals surface area (Å²) in [5.41, 5.74) is 2.75. The fourth-order valence-electron chi connectivity index (χ4n) is 3.00. The number of sulfonamides is 1. The van der Waals surface area contributed by atoms with E-state index < -0.39 is 10.0 Å². The molecule has 1 N–H and O–H groups in total. The largest absolute Gasteiger partial charge is 0.325 e. The van der Waals surface area contributed by atoms with Crippen molar-refractivity contribution in [1.29, 1.82) is 0 Å². The quantitative estimate of drug-likeness (QED) is 0.811. The number of anilines is 1. The molecule has 2 aromatic carbocycles. The highest BCUT2D eigenvalue weighted by Gasteiger charge is 2.25. The summed E-state index contributed by atoms with van der Waals surface area (Å²) < 4.78 is 26.5. The second-order valence-corrected chi connectivity index (χ2v) is 8.67. The van der Waals surface area contributed by atoms with Crippen molar-refractivity contribution >= 4 is 27.7 Å². The number of rotatable bonds is 6. The van der Waals surface area contributed by atoms with E-state index in [0.29, 0.717) is 26.2 Å². The molecule has 1 saturated heterocycles. The van der Waals surface area contributed by atoms with Crippen molar-refractivity contribution < 1.29 is 13.2 Å². The number of aryl methyl sites for hydroxylation is 1. The summed E-state index contributed by atoms with van der Waals surface area (Å²) in [5, 5.41) is 4.12. The first-order valence-corrected chi connectivity index (χ1v) is 10.7. The van der Waals surface area contributed by atoms with Gasteiger partial charge in [0.05, 0.1) is 6.54 Å². The highest BCUT2D eigenvalue weighted by Crippen LogP contribution is 2.12. The van der Waals surface area contributed by atoms with E-state index >= 15 is 0 Å². The number of nitrogens with zero attached hydrogens (tertiary/aromatic N) is 2. The lowest BCUT2D eigenvalue weighted by atomic mass is 10.2. The Morgan fingerprint density at radius 2 is 1.64 bits per heavy atom. The van der Waals surface area contributed by atoms with Crippen LogP contribution >= 0.6 is 0 Å². The highest BCUT2D eigenvalue weighted by atomic mass is 32.2. The molecule has 6 nitrogen and oxygen atoms in total. The molecule has 1 amide bonds. The van der Waals surface area contributed by atoms with Gasteiger partial charge in [-0.05, 0) is 30.7 Å². The fraction of sp³-hybridized carbons (Fsp3) is 0.286. The molecule has 0 atom stereocenters. The van der Waals surface area contributed by atoms with Gasteiger partial charge in [-0.25, -0.2) is 8.42 Å². The van der Waals surface area contributed by atoms with Crippen LogP contribution in [0.15, 0.2) is 60.0 Å². The van der Waals surface area contributed by atoms with Crippen LogP contribution in [0.1, 0.15) is 11.1 Å². The van der Waals surface area contributed by atoms with Gasteiger partial charge < -0.3 is 5.32 Å². The summed E-state index contributed by atoms with van der Waals surface area (Å²) in [7, 11) is -3.46. The van der Waals surface area contributed by atoms with Gasteiger partial charge in [0.1, 0.15) is 0 Å². The minimum Gasteiger partial charge on any atom is -0.325 e. The van der Waals surface area contributed by atoms with E-state index in [0.717, 1.165) is 16.8 Å². The third-order valence-corrected chi connectivity index (χ3v) is 6.19. The molecule has 0 aliphatic carbocycles. The minimum absolute atomic E-state index is 0.0934. The van der Waals surface area contributed by atoms with Crippen LogP contribution in [-0.4, -0.2) is 56.3 Å². The number of carbonyl (C=O) groups is 1. The number of hydrogen-bond donors (Lipinski definition) is 1. The van der Waals surface area contributed by atoms with Gasteiger partial charge in [-0.2, -0.15) is 4.31 Å². The van der Waals surface area contributed by atoms with Crippen molar-refractivity contribution in [2.24, 2.45) is 0 Å². The molecule has 0 aromatic heterocycles. The second-order valence-electron chi connectivity index (χ2n) is 6.85. The third-order valence-electron chi connectivity index (χ3n) is 4.63. The summed E-state index contributed by atoms with van der Waals surface area (Å²) in [5.74, 6) is -0.0934. The van der Waals surface area contributed by atoms with Gasteiger partial charge >= 0.3 is 0 Å². The van der Waals surface area contributed by atoms with E-state index in [9.17, 15) is 13.2 Å². The Hall–Kier alpha value is -2.48. The Morgan fingerprint density at radius 1 is 1.00 bits per heavy atom. The van der Waals surface area contributed by atoms with Crippen molar-refractivity contribution in [3.63, 3.8) is 0 Å². The summed E-state index contributed by atoms with van der Waals surface area (Å²) in [6.07, 6.45) is 1.61. The van der Waals surface area contributed by atoms with Gasteiger partial charge in [0.2, 0.25) is 15.9 Å². The third kappa shape index (κ3) is 5.76. The van der Waals surface area contributed by atoms with Gasteiger partial charge in [0.25, 0.3) is 0 Å². The molecule has 1 heterocycles. The Bertz CT molecular complexity index is 917.